The average Bonchev–Trinajstić information content (AvgIpc) is 2.51. The monoisotopic (exact) mass is 467 g/mol. The maximum Gasteiger partial charge on any atom is 0.194 e. The summed E-state index contributed by atoms with van der Waals surface area (Å²) >= 11 is 1.99. The Morgan fingerprint density at radius 3 is 2.83 bits per heavy atom. The van der Waals surface area contributed by atoms with Crippen molar-refractivity contribution in [2.24, 2.45) is 4.99 Å². The van der Waals surface area contributed by atoms with Gasteiger partial charge in [-0.1, -0.05) is 6.07 Å². The lowest BCUT2D eigenvalue weighted by molar-refractivity contribution is 0.275. The molecule has 0 saturated carbocycles. The van der Waals surface area contributed by atoms with E-state index in [1.54, 1.807) is 12.1 Å². The van der Waals surface area contributed by atoms with Crippen LogP contribution in [0.25, 0.3) is 0 Å². The summed E-state index contributed by atoms with van der Waals surface area (Å²) in [4.78, 5) is 6.98. The molecular formula is C17H27FIN3OS. The highest BCUT2D eigenvalue weighted by atomic mass is 127. The minimum Gasteiger partial charge on any atom is -0.392 e. The standard InChI is InChI=1S/C17H26FN3OS.HI/c1-4-19-16(21-7-8-23-17(2,3)12-21)20-10-13-5-6-15(18)14(9-13)11-22;/h5-6,9,22H,4,7-8,10-12H2,1-3H3,(H,19,20);1H. The number of thioether (sulfide) groups is 1. The van der Waals surface area contributed by atoms with E-state index in [4.69, 9.17) is 10.1 Å². The van der Waals surface area contributed by atoms with Gasteiger partial charge < -0.3 is 15.3 Å². The van der Waals surface area contributed by atoms with Crippen molar-refractivity contribution in [2.45, 2.75) is 38.7 Å². The first-order valence-electron chi connectivity index (χ1n) is 8.00. The molecule has 4 nitrogen and oxygen atoms in total. The van der Waals surface area contributed by atoms with E-state index in [1.165, 1.54) is 6.07 Å². The number of hydrogen-bond acceptors (Lipinski definition) is 3. The molecule has 0 atom stereocenters. The second-order valence-corrected chi connectivity index (χ2v) is 8.09. The Kier molecular flexibility index (Phi) is 8.80. The molecule has 0 amide bonds. The summed E-state index contributed by atoms with van der Waals surface area (Å²) in [6.07, 6.45) is 0. The number of aliphatic hydroxyl groups excluding tert-OH is 1. The number of aliphatic hydroxyl groups is 1. The van der Waals surface area contributed by atoms with Crippen LogP contribution >= 0.6 is 35.7 Å². The van der Waals surface area contributed by atoms with E-state index in [0.717, 1.165) is 36.9 Å². The molecule has 1 aromatic rings. The lowest BCUT2D eigenvalue weighted by atomic mass is 10.1. The van der Waals surface area contributed by atoms with E-state index in [-0.39, 0.29) is 41.1 Å². The molecule has 1 heterocycles. The smallest absolute Gasteiger partial charge is 0.194 e. The Labute approximate surface area is 165 Å². The molecule has 1 saturated heterocycles. The van der Waals surface area contributed by atoms with Gasteiger partial charge in [0.25, 0.3) is 0 Å². The minimum absolute atomic E-state index is 0. The number of rotatable bonds is 4. The number of aliphatic imine (C=N–C) groups is 1. The summed E-state index contributed by atoms with van der Waals surface area (Å²) in [7, 11) is 0. The first-order valence-corrected chi connectivity index (χ1v) is 8.99. The molecule has 1 aliphatic heterocycles. The molecule has 1 aliphatic rings. The van der Waals surface area contributed by atoms with Gasteiger partial charge in [-0.05, 0) is 38.5 Å². The van der Waals surface area contributed by atoms with Crippen LogP contribution in [0.3, 0.4) is 0 Å². The van der Waals surface area contributed by atoms with Crippen molar-refractivity contribution in [2.75, 3.05) is 25.4 Å². The average molecular weight is 467 g/mol. The first kappa shape index (κ1) is 21.5. The van der Waals surface area contributed by atoms with Gasteiger partial charge >= 0.3 is 0 Å². The lowest BCUT2D eigenvalue weighted by Crippen LogP contribution is -2.50. The Morgan fingerprint density at radius 1 is 1.46 bits per heavy atom. The lowest BCUT2D eigenvalue weighted by Gasteiger charge is -2.39. The third kappa shape index (κ3) is 6.07. The number of nitrogens with one attached hydrogen (secondary N) is 1. The minimum atomic E-state index is -0.373. The van der Waals surface area contributed by atoms with Crippen molar-refractivity contribution in [3.63, 3.8) is 0 Å². The van der Waals surface area contributed by atoms with Crippen LogP contribution in [0.15, 0.2) is 23.2 Å². The van der Waals surface area contributed by atoms with Crippen molar-refractivity contribution < 1.29 is 9.50 Å². The van der Waals surface area contributed by atoms with Crippen molar-refractivity contribution in [1.29, 1.82) is 0 Å². The van der Waals surface area contributed by atoms with Gasteiger partial charge in [-0.25, -0.2) is 9.38 Å². The van der Waals surface area contributed by atoms with Crippen molar-refractivity contribution in [1.82, 2.24) is 10.2 Å². The number of hydrogen-bond donors (Lipinski definition) is 2. The zero-order valence-electron chi connectivity index (χ0n) is 14.5. The molecule has 0 spiro atoms. The zero-order valence-corrected chi connectivity index (χ0v) is 17.7. The van der Waals surface area contributed by atoms with Gasteiger partial charge in [0.2, 0.25) is 0 Å². The van der Waals surface area contributed by atoms with Crippen molar-refractivity contribution >= 4 is 41.7 Å². The Morgan fingerprint density at radius 2 is 2.21 bits per heavy atom. The Balaban J connectivity index is 0.00000288. The molecule has 0 aromatic heterocycles. The molecule has 1 fully saturated rings. The van der Waals surface area contributed by atoms with E-state index in [1.807, 2.05) is 11.8 Å². The second-order valence-electron chi connectivity index (χ2n) is 6.28. The van der Waals surface area contributed by atoms with Gasteiger partial charge in [0.15, 0.2) is 5.96 Å². The Bertz CT molecular complexity index is 569. The summed E-state index contributed by atoms with van der Waals surface area (Å²) in [5.74, 6) is 1.61. The van der Waals surface area contributed by atoms with Crippen LogP contribution in [0.4, 0.5) is 4.39 Å². The number of guanidine groups is 1. The molecule has 7 heteroatoms. The molecule has 2 rings (SSSR count). The van der Waals surface area contributed by atoms with Crippen LogP contribution in [0.5, 0.6) is 0 Å². The number of nitrogens with zero attached hydrogens (tertiary/aromatic N) is 2. The summed E-state index contributed by atoms with van der Waals surface area (Å²) in [5.41, 5.74) is 1.22. The van der Waals surface area contributed by atoms with Crippen LogP contribution in [0.1, 0.15) is 31.9 Å². The maximum absolute atomic E-state index is 13.4. The maximum atomic E-state index is 13.4. The SMILES string of the molecule is CCNC(=NCc1ccc(F)c(CO)c1)N1CCSC(C)(C)C1.I. The van der Waals surface area contributed by atoms with E-state index in [9.17, 15) is 4.39 Å². The van der Waals surface area contributed by atoms with Crippen LogP contribution < -0.4 is 5.32 Å². The first-order chi connectivity index (χ1) is 10.9. The predicted molar refractivity (Wildman–Crippen MR) is 111 cm³/mol. The topological polar surface area (TPSA) is 47.9 Å². The fourth-order valence-electron chi connectivity index (χ4n) is 2.64. The highest BCUT2D eigenvalue weighted by Crippen LogP contribution is 2.29. The van der Waals surface area contributed by atoms with Crippen LogP contribution in [-0.2, 0) is 13.2 Å². The second kappa shape index (κ2) is 9.82. The van der Waals surface area contributed by atoms with Gasteiger partial charge in [0.05, 0.1) is 13.2 Å². The number of halogens is 2. The molecule has 24 heavy (non-hydrogen) atoms. The summed E-state index contributed by atoms with van der Waals surface area (Å²) < 4.78 is 13.7. The molecule has 1 aromatic carbocycles. The fourth-order valence-corrected chi connectivity index (χ4v) is 3.75. The van der Waals surface area contributed by atoms with E-state index in [0.29, 0.717) is 12.1 Å². The van der Waals surface area contributed by atoms with Gasteiger partial charge in [-0.2, -0.15) is 11.8 Å². The third-order valence-electron chi connectivity index (χ3n) is 3.75. The number of benzene rings is 1. The largest absolute Gasteiger partial charge is 0.392 e. The normalized spacial score (nSPS) is 17.4. The van der Waals surface area contributed by atoms with Gasteiger partial charge in [0, 0.05) is 35.7 Å². The van der Waals surface area contributed by atoms with Gasteiger partial charge in [-0.3, -0.25) is 0 Å². The van der Waals surface area contributed by atoms with Crippen LogP contribution in [0.2, 0.25) is 0 Å². The van der Waals surface area contributed by atoms with E-state index >= 15 is 0 Å². The van der Waals surface area contributed by atoms with Crippen LogP contribution in [0, 0.1) is 5.82 Å². The van der Waals surface area contributed by atoms with Crippen LogP contribution in [-0.4, -0.2) is 46.1 Å². The highest BCUT2D eigenvalue weighted by Gasteiger charge is 2.28. The summed E-state index contributed by atoms with van der Waals surface area (Å²) in [5, 5.41) is 12.5. The summed E-state index contributed by atoms with van der Waals surface area (Å²) in [6, 6.07) is 4.79. The molecule has 0 bridgehead atoms. The van der Waals surface area contributed by atoms with E-state index < -0.39 is 0 Å². The zero-order chi connectivity index (χ0) is 16.9. The van der Waals surface area contributed by atoms with Gasteiger partial charge in [0.1, 0.15) is 5.82 Å². The molecule has 0 aliphatic carbocycles. The third-order valence-corrected chi connectivity index (χ3v) is 5.05. The Hall–Kier alpha value is -0.540. The highest BCUT2D eigenvalue weighted by molar-refractivity contribution is 14.0. The van der Waals surface area contributed by atoms with Gasteiger partial charge in [-0.15, -0.1) is 24.0 Å². The van der Waals surface area contributed by atoms with Crippen molar-refractivity contribution in [3.8, 4) is 0 Å². The molecular weight excluding hydrogens is 440 g/mol. The fraction of sp³-hybridized carbons (Fsp3) is 0.588. The van der Waals surface area contributed by atoms with E-state index in [2.05, 4.69) is 31.0 Å². The molecule has 136 valence electrons. The summed E-state index contributed by atoms with van der Waals surface area (Å²) in [6.45, 7) is 9.48. The molecule has 2 N–H and O–H groups in total. The van der Waals surface area contributed by atoms with Crippen molar-refractivity contribution in [3.05, 3.63) is 35.1 Å². The predicted octanol–water partition coefficient (Wildman–Crippen LogP) is 3.23. The quantitative estimate of drug-likeness (QED) is 0.406. The molecule has 0 radical (unpaired) electrons. The molecule has 0 unspecified atom stereocenters.